The lowest BCUT2D eigenvalue weighted by Crippen LogP contribution is -2.42. The van der Waals surface area contributed by atoms with E-state index >= 15 is 0 Å². The minimum atomic E-state index is -0.842. The smallest absolute Gasteiger partial charge is 0.320 e. The molecule has 0 fully saturated rings. The summed E-state index contributed by atoms with van der Waals surface area (Å²) in [6.45, 7) is 5.67. The zero-order chi connectivity index (χ0) is 14.9. The molecule has 5 heteroatoms. The molecule has 2 atom stereocenters. The number of hydrogen-bond donors (Lipinski definition) is 2. The van der Waals surface area contributed by atoms with Gasteiger partial charge >= 0.3 is 5.97 Å². The highest BCUT2D eigenvalue weighted by Gasteiger charge is 2.24. The molecule has 0 aliphatic heterocycles. The Morgan fingerprint density at radius 2 is 2.00 bits per heavy atom. The van der Waals surface area contributed by atoms with Gasteiger partial charge in [0.15, 0.2) is 0 Å². The van der Waals surface area contributed by atoms with Crippen LogP contribution in [0.25, 0.3) is 11.0 Å². The number of furan rings is 1. The van der Waals surface area contributed by atoms with Gasteiger partial charge in [0.05, 0.1) is 6.04 Å². The summed E-state index contributed by atoms with van der Waals surface area (Å²) in [5.41, 5.74) is 0.799. The third kappa shape index (κ3) is 3.22. The van der Waals surface area contributed by atoms with E-state index < -0.39 is 12.0 Å². The molecule has 2 unspecified atom stereocenters. The fourth-order valence-corrected chi connectivity index (χ4v) is 2.53. The molecule has 0 spiro atoms. The minimum absolute atomic E-state index is 0.00785. The number of carboxylic acid groups (broad SMARTS) is 1. The van der Waals surface area contributed by atoms with Crippen LogP contribution in [0.1, 0.15) is 32.6 Å². The van der Waals surface area contributed by atoms with Crippen LogP contribution in [0.4, 0.5) is 0 Å². The Hall–Kier alpha value is -1.33. The van der Waals surface area contributed by atoms with Gasteiger partial charge in [0.2, 0.25) is 0 Å². The van der Waals surface area contributed by atoms with Crippen LogP contribution in [0.3, 0.4) is 0 Å². The quantitative estimate of drug-likeness (QED) is 0.865. The highest BCUT2D eigenvalue weighted by atomic mass is 79.9. The van der Waals surface area contributed by atoms with Crippen LogP contribution in [0, 0.1) is 5.92 Å². The highest BCUT2D eigenvalue weighted by molar-refractivity contribution is 9.10. The Balaban J connectivity index is 2.22. The topological polar surface area (TPSA) is 62.5 Å². The second-order valence-electron chi connectivity index (χ2n) is 5.28. The van der Waals surface area contributed by atoms with Crippen LogP contribution in [0.15, 0.2) is 33.2 Å². The first-order valence-corrected chi connectivity index (χ1v) is 7.35. The maximum absolute atomic E-state index is 11.2. The Kier molecular flexibility index (Phi) is 4.50. The summed E-state index contributed by atoms with van der Waals surface area (Å²) >= 11 is 3.42. The normalized spacial score (nSPS) is 14.7. The van der Waals surface area contributed by atoms with Gasteiger partial charge in [-0.25, -0.2) is 0 Å². The number of halogens is 1. The Bertz CT molecular complexity index is 621. The predicted molar refractivity (Wildman–Crippen MR) is 81.7 cm³/mol. The number of carbonyl (C=O) groups is 1. The lowest BCUT2D eigenvalue weighted by Gasteiger charge is -2.21. The number of fused-ring (bicyclic) bond motifs is 1. The second kappa shape index (κ2) is 5.97. The summed E-state index contributed by atoms with van der Waals surface area (Å²) in [4.78, 5) is 11.2. The van der Waals surface area contributed by atoms with Crippen molar-refractivity contribution < 1.29 is 14.3 Å². The Morgan fingerprint density at radius 3 is 2.60 bits per heavy atom. The predicted octanol–water partition coefficient (Wildman–Crippen LogP) is 3.96. The van der Waals surface area contributed by atoms with Crippen LogP contribution >= 0.6 is 15.9 Å². The van der Waals surface area contributed by atoms with Crippen molar-refractivity contribution in [3.63, 3.8) is 0 Å². The van der Waals surface area contributed by atoms with Gasteiger partial charge in [0.25, 0.3) is 0 Å². The average molecular weight is 340 g/mol. The fourth-order valence-electron chi connectivity index (χ4n) is 2.15. The van der Waals surface area contributed by atoms with Crippen LogP contribution in [0.2, 0.25) is 0 Å². The monoisotopic (exact) mass is 339 g/mol. The Morgan fingerprint density at radius 1 is 1.30 bits per heavy atom. The number of rotatable bonds is 5. The van der Waals surface area contributed by atoms with E-state index in [0.29, 0.717) is 0 Å². The molecule has 4 nitrogen and oxygen atoms in total. The largest absolute Gasteiger partial charge is 0.480 e. The molecule has 1 aromatic heterocycles. The highest BCUT2D eigenvalue weighted by Crippen LogP contribution is 2.27. The lowest BCUT2D eigenvalue weighted by molar-refractivity contribution is -0.140. The van der Waals surface area contributed by atoms with Crippen molar-refractivity contribution in [2.24, 2.45) is 5.92 Å². The molecule has 0 aliphatic carbocycles. The first-order valence-electron chi connectivity index (χ1n) is 6.56. The van der Waals surface area contributed by atoms with E-state index in [1.165, 1.54) is 0 Å². The molecule has 2 N–H and O–H groups in total. The lowest BCUT2D eigenvalue weighted by atomic mass is 10.0. The molecule has 0 amide bonds. The molecular weight excluding hydrogens is 322 g/mol. The van der Waals surface area contributed by atoms with Crippen LogP contribution in [-0.2, 0) is 4.79 Å². The van der Waals surface area contributed by atoms with Gasteiger partial charge < -0.3 is 9.52 Å². The van der Waals surface area contributed by atoms with E-state index in [4.69, 9.17) is 4.42 Å². The van der Waals surface area contributed by atoms with Crippen molar-refractivity contribution in [3.05, 3.63) is 34.5 Å². The molecule has 0 radical (unpaired) electrons. The van der Waals surface area contributed by atoms with E-state index in [0.717, 1.165) is 21.2 Å². The molecule has 20 heavy (non-hydrogen) atoms. The molecule has 0 bridgehead atoms. The van der Waals surface area contributed by atoms with Gasteiger partial charge in [-0.1, -0.05) is 29.8 Å². The van der Waals surface area contributed by atoms with Gasteiger partial charge in [-0.15, -0.1) is 0 Å². The van der Waals surface area contributed by atoms with E-state index in [2.05, 4.69) is 21.2 Å². The van der Waals surface area contributed by atoms with Gasteiger partial charge in [-0.2, -0.15) is 0 Å². The Labute approximate surface area is 126 Å². The van der Waals surface area contributed by atoms with Gasteiger partial charge in [-0.05, 0) is 37.1 Å². The van der Waals surface area contributed by atoms with E-state index in [1.54, 1.807) is 0 Å². The van der Waals surface area contributed by atoms with Crippen molar-refractivity contribution in [2.45, 2.75) is 32.9 Å². The van der Waals surface area contributed by atoms with Crippen molar-refractivity contribution in [1.29, 1.82) is 0 Å². The minimum Gasteiger partial charge on any atom is -0.480 e. The van der Waals surface area contributed by atoms with E-state index in [1.807, 2.05) is 45.0 Å². The molecule has 2 aromatic rings. The maximum Gasteiger partial charge on any atom is 0.320 e. The number of carboxylic acids is 1. The van der Waals surface area contributed by atoms with E-state index in [-0.39, 0.29) is 12.0 Å². The maximum atomic E-state index is 11.2. The molecule has 2 rings (SSSR count). The van der Waals surface area contributed by atoms with Crippen LogP contribution in [-0.4, -0.2) is 17.1 Å². The zero-order valence-electron chi connectivity index (χ0n) is 11.7. The molecule has 0 saturated heterocycles. The van der Waals surface area contributed by atoms with E-state index in [9.17, 15) is 9.90 Å². The summed E-state index contributed by atoms with van der Waals surface area (Å²) in [6.07, 6.45) is 0. The molecule has 0 aliphatic rings. The number of nitrogens with one attached hydrogen (secondary N) is 1. The van der Waals surface area contributed by atoms with Gasteiger partial charge in [0, 0.05) is 9.86 Å². The molecule has 1 aromatic carbocycles. The number of hydrogen-bond acceptors (Lipinski definition) is 3. The summed E-state index contributed by atoms with van der Waals surface area (Å²) < 4.78 is 6.76. The molecule has 1 heterocycles. The van der Waals surface area contributed by atoms with Crippen molar-refractivity contribution in [2.75, 3.05) is 0 Å². The van der Waals surface area contributed by atoms with Crippen LogP contribution < -0.4 is 5.32 Å². The number of benzene rings is 1. The van der Waals surface area contributed by atoms with Crippen molar-refractivity contribution in [3.8, 4) is 0 Å². The average Bonchev–Trinajstić information content (AvgIpc) is 2.77. The number of aliphatic carboxylic acids is 1. The fraction of sp³-hybridized carbons (Fsp3) is 0.400. The molecule has 0 saturated carbocycles. The second-order valence-corrected chi connectivity index (χ2v) is 6.19. The first kappa shape index (κ1) is 15.1. The zero-order valence-corrected chi connectivity index (χ0v) is 13.3. The molecule has 108 valence electrons. The van der Waals surface area contributed by atoms with Gasteiger partial charge in [-0.3, -0.25) is 10.1 Å². The summed E-state index contributed by atoms with van der Waals surface area (Å²) in [5.74, 6) is -0.0934. The summed E-state index contributed by atoms with van der Waals surface area (Å²) in [5, 5.41) is 13.3. The van der Waals surface area contributed by atoms with Crippen molar-refractivity contribution in [1.82, 2.24) is 5.32 Å². The molecular formula is C15H18BrNO3. The third-order valence-electron chi connectivity index (χ3n) is 3.29. The summed E-state index contributed by atoms with van der Waals surface area (Å²) in [6, 6.07) is 6.98. The SMILES string of the molecule is CC(NC(C(=O)O)C(C)C)c1cc2cc(Br)ccc2o1. The van der Waals surface area contributed by atoms with Crippen molar-refractivity contribution >= 4 is 32.9 Å². The first-order chi connectivity index (χ1) is 9.38. The van der Waals surface area contributed by atoms with Crippen LogP contribution in [0.5, 0.6) is 0 Å². The van der Waals surface area contributed by atoms with Gasteiger partial charge in [0.1, 0.15) is 17.4 Å². The third-order valence-corrected chi connectivity index (χ3v) is 3.78. The summed E-state index contributed by atoms with van der Waals surface area (Å²) in [7, 11) is 0. The standard InChI is InChI=1S/C15H18BrNO3/c1-8(2)14(15(18)19)17-9(3)13-7-10-6-11(16)4-5-12(10)20-13/h4-9,14,17H,1-3H3,(H,18,19).